The van der Waals surface area contributed by atoms with Crippen LogP contribution in [0.2, 0.25) is 0 Å². The zero-order valence-electron chi connectivity index (χ0n) is 10.0. The van der Waals surface area contributed by atoms with Crippen LogP contribution in [0, 0.1) is 23.2 Å². The third-order valence-electron chi connectivity index (χ3n) is 5.09. The predicted octanol–water partition coefficient (Wildman–Crippen LogP) is 2.90. The predicted molar refractivity (Wildman–Crippen MR) is 63.5 cm³/mol. The van der Waals surface area contributed by atoms with Gasteiger partial charge in [0.25, 0.3) is 0 Å². The lowest BCUT2D eigenvalue weighted by Crippen LogP contribution is -2.45. The van der Waals surface area contributed by atoms with Crippen molar-refractivity contribution in [2.45, 2.75) is 32.6 Å². The van der Waals surface area contributed by atoms with E-state index in [2.05, 4.69) is 6.92 Å². The number of aliphatic hydroxyl groups is 1. The number of carbonyl (C=O) groups is 1. The van der Waals surface area contributed by atoms with Crippen molar-refractivity contribution < 1.29 is 15.0 Å². The Morgan fingerprint density at radius 2 is 2.12 bits per heavy atom. The number of carboxylic acid groups (broad SMARTS) is 1. The van der Waals surface area contributed by atoms with Crippen LogP contribution in [0.3, 0.4) is 0 Å². The first kappa shape index (κ1) is 10.9. The van der Waals surface area contributed by atoms with Crippen molar-refractivity contribution in [3.8, 4) is 0 Å². The minimum atomic E-state index is -0.667. The molecule has 4 atom stereocenters. The summed E-state index contributed by atoms with van der Waals surface area (Å²) in [6.45, 7) is 2.11. The molecule has 3 heteroatoms. The monoisotopic (exact) mass is 234 g/mol. The highest BCUT2D eigenvalue weighted by Crippen LogP contribution is 2.64. The molecule has 0 saturated heterocycles. The molecule has 0 bridgehead atoms. The van der Waals surface area contributed by atoms with E-state index in [0.717, 1.165) is 25.7 Å². The largest absolute Gasteiger partial charge is 0.508 e. The topological polar surface area (TPSA) is 57.5 Å². The van der Waals surface area contributed by atoms with Crippen LogP contribution in [0.15, 0.2) is 23.5 Å². The molecule has 2 unspecified atom stereocenters. The van der Waals surface area contributed by atoms with Crippen LogP contribution < -0.4 is 0 Å². The molecule has 0 radical (unpaired) electrons. The van der Waals surface area contributed by atoms with Gasteiger partial charge in [-0.1, -0.05) is 12.5 Å². The van der Waals surface area contributed by atoms with Crippen molar-refractivity contribution in [2.24, 2.45) is 23.2 Å². The molecule has 1 spiro atoms. The standard InChI is InChI=1S/C14H18O3/c1-8-6-9(15)7-12-10(8)2-4-14(12)5-3-11(14)13(16)17/h6-8,10-11,15H,2-5H2,1H3,(H,16,17)/t8?,10?,11-,14+/m1/s1. The lowest BCUT2D eigenvalue weighted by molar-refractivity contribution is -0.151. The van der Waals surface area contributed by atoms with Gasteiger partial charge in [-0.2, -0.15) is 0 Å². The van der Waals surface area contributed by atoms with E-state index in [9.17, 15) is 15.0 Å². The zero-order chi connectivity index (χ0) is 12.2. The summed E-state index contributed by atoms with van der Waals surface area (Å²) in [5.41, 5.74) is 1.08. The summed E-state index contributed by atoms with van der Waals surface area (Å²) in [5, 5.41) is 19.0. The van der Waals surface area contributed by atoms with Crippen LogP contribution in [-0.2, 0) is 4.79 Å². The summed E-state index contributed by atoms with van der Waals surface area (Å²) >= 11 is 0. The van der Waals surface area contributed by atoms with Crippen LogP contribution in [0.5, 0.6) is 0 Å². The average Bonchev–Trinajstić information content (AvgIpc) is 2.56. The van der Waals surface area contributed by atoms with Crippen molar-refractivity contribution in [1.29, 1.82) is 0 Å². The Balaban J connectivity index is 1.99. The maximum Gasteiger partial charge on any atom is 0.307 e. The number of aliphatic hydroxyl groups excluding tert-OH is 1. The molecule has 0 aliphatic heterocycles. The highest BCUT2D eigenvalue weighted by Gasteiger charge is 2.58. The van der Waals surface area contributed by atoms with Crippen molar-refractivity contribution in [3.63, 3.8) is 0 Å². The minimum Gasteiger partial charge on any atom is -0.508 e. The maximum atomic E-state index is 11.3. The molecule has 17 heavy (non-hydrogen) atoms. The van der Waals surface area contributed by atoms with E-state index < -0.39 is 5.97 Å². The van der Waals surface area contributed by atoms with Gasteiger partial charge in [-0.25, -0.2) is 0 Å². The molecule has 92 valence electrons. The van der Waals surface area contributed by atoms with Gasteiger partial charge in [0, 0.05) is 5.41 Å². The van der Waals surface area contributed by atoms with E-state index >= 15 is 0 Å². The third-order valence-corrected chi connectivity index (χ3v) is 5.09. The third kappa shape index (κ3) is 1.31. The fraction of sp³-hybridized carbons (Fsp3) is 0.643. The molecule has 3 rings (SSSR count). The van der Waals surface area contributed by atoms with E-state index in [4.69, 9.17) is 0 Å². The summed E-state index contributed by atoms with van der Waals surface area (Å²) in [4.78, 5) is 11.3. The van der Waals surface area contributed by atoms with Crippen molar-refractivity contribution in [2.75, 3.05) is 0 Å². The van der Waals surface area contributed by atoms with E-state index in [1.807, 2.05) is 12.2 Å². The van der Waals surface area contributed by atoms with Crippen molar-refractivity contribution >= 4 is 5.97 Å². The second-order valence-corrected chi connectivity index (χ2v) is 5.78. The molecule has 3 nitrogen and oxygen atoms in total. The van der Waals surface area contributed by atoms with Crippen LogP contribution in [-0.4, -0.2) is 16.2 Å². The Morgan fingerprint density at radius 1 is 1.41 bits per heavy atom. The Bertz CT molecular complexity index is 435. The number of fused-ring (bicyclic) bond motifs is 2. The van der Waals surface area contributed by atoms with E-state index in [1.54, 1.807) is 0 Å². The first-order valence-electron chi connectivity index (χ1n) is 6.40. The Morgan fingerprint density at radius 3 is 2.71 bits per heavy atom. The summed E-state index contributed by atoms with van der Waals surface area (Å²) in [5.74, 6) is 0.217. The number of hydrogen-bond acceptors (Lipinski definition) is 2. The Kier molecular flexibility index (Phi) is 2.16. The molecule has 0 heterocycles. The van der Waals surface area contributed by atoms with Gasteiger partial charge in [0.05, 0.1) is 5.92 Å². The van der Waals surface area contributed by atoms with Gasteiger partial charge in [-0.15, -0.1) is 0 Å². The number of aliphatic carboxylic acids is 1. The SMILES string of the molecule is CC1C=C(O)C=C2C1CC[C@@]21CC[C@@H]1C(=O)O. The van der Waals surface area contributed by atoms with Crippen molar-refractivity contribution in [3.05, 3.63) is 23.5 Å². The quantitative estimate of drug-likeness (QED) is 0.733. The first-order valence-corrected chi connectivity index (χ1v) is 6.40. The zero-order valence-corrected chi connectivity index (χ0v) is 10.0. The summed E-state index contributed by atoms with van der Waals surface area (Å²) < 4.78 is 0. The van der Waals surface area contributed by atoms with Gasteiger partial charge in [0.2, 0.25) is 0 Å². The van der Waals surface area contributed by atoms with Crippen LogP contribution >= 0.6 is 0 Å². The van der Waals surface area contributed by atoms with E-state index in [1.165, 1.54) is 5.57 Å². The molecule has 0 aromatic heterocycles. The molecule has 2 saturated carbocycles. The van der Waals surface area contributed by atoms with Gasteiger partial charge < -0.3 is 10.2 Å². The second-order valence-electron chi connectivity index (χ2n) is 5.78. The molecule has 0 aromatic carbocycles. The van der Waals surface area contributed by atoms with Crippen molar-refractivity contribution in [1.82, 2.24) is 0 Å². The summed E-state index contributed by atoms with van der Waals surface area (Å²) in [6.07, 6.45) is 7.55. The van der Waals surface area contributed by atoms with E-state index in [0.29, 0.717) is 17.6 Å². The van der Waals surface area contributed by atoms with Gasteiger partial charge in [0.15, 0.2) is 0 Å². The molecule has 2 fully saturated rings. The second kappa shape index (κ2) is 3.37. The number of carboxylic acids is 1. The average molecular weight is 234 g/mol. The smallest absolute Gasteiger partial charge is 0.307 e. The van der Waals surface area contributed by atoms with Gasteiger partial charge in [-0.05, 0) is 49.7 Å². The molecule has 3 aliphatic carbocycles. The van der Waals surface area contributed by atoms with Gasteiger partial charge >= 0.3 is 5.97 Å². The highest BCUT2D eigenvalue weighted by molar-refractivity contribution is 5.74. The maximum absolute atomic E-state index is 11.3. The molecule has 0 aromatic rings. The van der Waals surface area contributed by atoms with Crippen LogP contribution in [0.4, 0.5) is 0 Å². The lowest BCUT2D eigenvalue weighted by Gasteiger charge is -2.47. The van der Waals surface area contributed by atoms with Gasteiger partial charge in [0.1, 0.15) is 5.76 Å². The van der Waals surface area contributed by atoms with Gasteiger partial charge in [-0.3, -0.25) is 4.79 Å². The number of rotatable bonds is 1. The normalized spacial score (nSPS) is 43.7. The van der Waals surface area contributed by atoms with Crippen LogP contribution in [0.25, 0.3) is 0 Å². The number of hydrogen-bond donors (Lipinski definition) is 2. The molecular formula is C14H18O3. The fourth-order valence-corrected chi connectivity index (χ4v) is 4.11. The Labute approximate surface area is 101 Å². The minimum absolute atomic E-state index is 0.132. The molecule has 2 N–H and O–H groups in total. The summed E-state index contributed by atoms with van der Waals surface area (Å²) in [7, 11) is 0. The molecule has 0 amide bonds. The number of allylic oxidation sites excluding steroid dienone is 3. The highest BCUT2D eigenvalue weighted by atomic mass is 16.4. The fourth-order valence-electron chi connectivity index (χ4n) is 4.11. The lowest BCUT2D eigenvalue weighted by atomic mass is 9.55. The Hall–Kier alpha value is -1.25. The summed E-state index contributed by atoms with van der Waals surface area (Å²) in [6, 6.07) is 0. The molecular weight excluding hydrogens is 216 g/mol. The molecule has 3 aliphatic rings. The first-order chi connectivity index (χ1) is 8.04. The van der Waals surface area contributed by atoms with Crippen LogP contribution in [0.1, 0.15) is 32.6 Å². The van der Waals surface area contributed by atoms with E-state index in [-0.39, 0.29) is 11.3 Å².